The van der Waals surface area contributed by atoms with E-state index in [1.165, 1.54) is 12.1 Å². The standard InChI is InChI=1S/C18H18N8O5S2/c19-6-7-32(28,29)13-5-4-10(14(16(13)33(21,30)31)18-23-25-26-24-18)11-3-1-2-9-8-12(17(20)27)22-15(9)11/h1-5,8,22H,6-7,19H2,(H2,20,27)(H2,21,30,31)(H,23,24,25,26). The fourth-order valence-electron chi connectivity index (χ4n) is 3.58. The number of nitrogens with two attached hydrogens (primary N) is 3. The maximum atomic E-state index is 12.8. The van der Waals surface area contributed by atoms with Crippen LogP contribution in [0.3, 0.4) is 0 Å². The van der Waals surface area contributed by atoms with Gasteiger partial charge in [-0.2, -0.15) is 5.21 Å². The minimum atomic E-state index is -4.61. The molecule has 0 radical (unpaired) electrons. The van der Waals surface area contributed by atoms with Crippen LogP contribution in [-0.2, 0) is 19.9 Å². The number of carbonyl (C=O) groups excluding carboxylic acids is 1. The molecule has 15 heteroatoms. The van der Waals surface area contributed by atoms with Gasteiger partial charge in [0.25, 0.3) is 5.91 Å². The molecule has 8 N–H and O–H groups in total. The van der Waals surface area contributed by atoms with E-state index in [0.717, 1.165) is 6.07 Å². The van der Waals surface area contributed by atoms with Crippen molar-refractivity contribution in [1.82, 2.24) is 25.6 Å². The number of nitrogens with one attached hydrogen (secondary N) is 2. The van der Waals surface area contributed by atoms with Crippen LogP contribution in [0.2, 0.25) is 0 Å². The van der Waals surface area contributed by atoms with Crippen molar-refractivity contribution in [2.75, 3.05) is 12.3 Å². The summed E-state index contributed by atoms with van der Waals surface area (Å²) in [5.74, 6) is -1.39. The SMILES string of the molecule is NCCS(=O)(=O)c1ccc(-c2cccc3cc(C(N)=O)[nH]c23)c(-c2nn[nH]n2)c1S(N)(=O)=O. The topological polar surface area (TPSA) is 234 Å². The largest absolute Gasteiger partial charge is 0.364 e. The summed E-state index contributed by atoms with van der Waals surface area (Å²) in [6, 6.07) is 9.12. The van der Waals surface area contributed by atoms with Gasteiger partial charge in [-0.25, -0.2) is 22.0 Å². The van der Waals surface area contributed by atoms with Crippen LogP contribution in [0, 0.1) is 0 Å². The van der Waals surface area contributed by atoms with Crippen LogP contribution in [0.15, 0.2) is 46.2 Å². The number of amides is 1. The first kappa shape index (κ1) is 22.5. The molecule has 0 atom stereocenters. The van der Waals surface area contributed by atoms with Crippen molar-refractivity contribution in [2.45, 2.75) is 9.79 Å². The number of sulfonamides is 1. The van der Waals surface area contributed by atoms with Gasteiger partial charge in [-0.05, 0) is 22.9 Å². The van der Waals surface area contributed by atoms with Gasteiger partial charge in [-0.3, -0.25) is 4.79 Å². The fraction of sp³-hybridized carbons (Fsp3) is 0.111. The van der Waals surface area contributed by atoms with Crippen molar-refractivity contribution >= 4 is 36.7 Å². The molecular weight excluding hydrogens is 472 g/mol. The lowest BCUT2D eigenvalue weighted by Crippen LogP contribution is -2.22. The van der Waals surface area contributed by atoms with Gasteiger partial charge in [0.2, 0.25) is 15.8 Å². The minimum Gasteiger partial charge on any atom is -0.364 e. The van der Waals surface area contributed by atoms with Crippen molar-refractivity contribution in [1.29, 1.82) is 0 Å². The van der Waals surface area contributed by atoms with Crippen LogP contribution in [-0.4, -0.2) is 60.6 Å². The van der Waals surface area contributed by atoms with Gasteiger partial charge in [0.15, 0.2) is 9.84 Å². The Morgan fingerprint density at radius 1 is 1.06 bits per heavy atom. The lowest BCUT2D eigenvalue weighted by molar-refractivity contribution is 0.0996. The highest BCUT2D eigenvalue weighted by atomic mass is 32.2. The summed E-state index contributed by atoms with van der Waals surface area (Å²) in [6.07, 6.45) is 0. The summed E-state index contributed by atoms with van der Waals surface area (Å²) in [7, 11) is -8.74. The number of sulfone groups is 1. The van der Waals surface area contributed by atoms with E-state index < -0.39 is 41.3 Å². The van der Waals surface area contributed by atoms with Gasteiger partial charge < -0.3 is 16.5 Å². The van der Waals surface area contributed by atoms with Gasteiger partial charge >= 0.3 is 0 Å². The van der Waals surface area contributed by atoms with Crippen LogP contribution in [0.1, 0.15) is 10.5 Å². The predicted molar refractivity (Wildman–Crippen MR) is 118 cm³/mol. The third-order valence-electron chi connectivity index (χ3n) is 4.91. The number of benzene rings is 2. The molecule has 0 spiro atoms. The van der Waals surface area contributed by atoms with Crippen LogP contribution >= 0.6 is 0 Å². The van der Waals surface area contributed by atoms with Gasteiger partial charge in [-0.15, -0.1) is 10.2 Å². The number of hydrogen-bond donors (Lipinski definition) is 5. The lowest BCUT2D eigenvalue weighted by Gasteiger charge is -2.16. The molecule has 1 amide bonds. The first-order valence-corrected chi connectivity index (χ1v) is 12.5. The highest BCUT2D eigenvalue weighted by Crippen LogP contribution is 2.41. The highest BCUT2D eigenvalue weighted by Gasteiger charge is 2.32. The molecule has 2 aromatic carbocycles. The summed E-state index contributed by atoms with van der Waals surface area (Å²) in [5.41, 5.74) is 11.9. The Morgan fingerprint density at radius 2 is 1.82 bits per heavy atom. The van der Waals surface area contributed by atoms with E-state index >= 15 is 0 Å². The number of H-pyrrole nitrogens is 2. The van der Waals surface area contributed by atoms with Crippen molar-refractivity contribution in [3.8, 4) is 22.5 Å². The van der Waals surface area contributed by atoms with E-state index in [-0.39, 0.29) is 29.2 Å². The number of aromatic nitrogens is 5. The van der Waals surface area contributed by atoms with Crippen molar-refractivity contribution in [2.24, 2.45) is 16.6 Å². The Labute approximate surface area is 187 Å². The Balaban J connectivity index is 2.16. The lowest BCUT2D eigenvalue weighted by atomic mass is 9.97. The number of tetrazole rings is 1. The first-order chi connectivity index (χ1) is 15.5. The molecule has 0 aliphatic heterocycles. The molecule has 0 fully saturated rings. The first-order valence-electron chi connectivity index (χ1n) is 9.33. The average Bonchev–Trinajstić information content (AvgIpc) is 3.41. The number of primary sulfonamides is 1. The fourth-order valence-corrected chi connectivity index (χ4v) is 6.34. The van der Waals surface area contributed by atoms with Crippen molar-refractivity contribution in [3.05, 3.63) is 42.1 Å². The van der Waals surface area contributed by atoms with Gasteiger partial charge in [-0.1, -0.05) is 24.3 Å². The second-order valence-electron chi connectivity index (χ2n) is 7.02. The second-order valence-corrected chi connectivity index (χ2v) is 10.6. The maximum absolute atomic E-state index is 12.8. The monoisotopic (exact) mass is 490 g/mol. The number of carbonyl (C=O) groups is 1. The molecule has 4 aromatic rings. The van der Waals surface area contributed by atoms with Gasteiger partial charge in [0, 0.05) is 17.5 Å². The van der Waals surface area contributed by atoms with Gasteiger partial charge in [0.05, 0.1) is 21.7 Å². The van der Waals surface area contributed by atoms with E-state index in [1.54, 1.807) is 18.2 Å². The van der Waals surface area contributed by atoms with Crippen LogP contribution in [0.5, 0.6) is 0 Å². The Bertz CT molecular complexity index is 1590. The zero-order valence-electron chi connectivity index (χ0n) is 16.8. The van der Waals surface area contributed by atoms with E-state index in [0.29, 0.717) is 16.5 Å². The zero-order valence-corrected chi connectivity index (χ0v) is 18.4. The van der Waals surface area contributed by atoms with Crippen LogP contribution in [0.4, 0.5) is 0 Å². The molecule has 0 aliphatic carbocycles. The molecule has 33 heavy (non-hydrogen) atoms. The van der Waals surface area contributed by atoms with Gasteiger partial charge in [0.1, 0.15) is 10.6 Å². The number of primary amides is 1. The smallest absolute Gasteiger partial charge is 0.265 e. The third kappa shape index (κ3) is 3.97. The molecular formula is C18H18N8O5S2. The van der Waals surface area contributed by atoms with Crippen LogP contribution < -0.4 is 16.6 Å². The molecule has 2 aromatic heterocycles. The molecule has 172 valence electrons. The number of rotatable bonds is 7. The van der Waals surface area contributed by atoms with Crippen LogP contribution in [0.25, 0.3) is 33.4 Å². The van der Waals surface area contributed by atoms with Crippen molar-refractivity contribution < 1.29 is 21.6 Å². The molecule has 0 unspecified atom stereocenters. The summed E-state index contributed by atoms with van der Waals surface area (Å²) >= 11 is 0. The number of fused-ring (bicyclic) bond motifs is 1. The van der Waals surface area contributed by atoms with E-state index in [4.69, 9.17) is 16.6 Å². The van der Waals surface area contributed by atoms with E-state index in [1.807, 2.05) is 0 Å². The van der Waals surface area contributed by atoms with E-state index in [2.05, 4.69) is 25.6 Å². The Hall–Kier alpha value is -3.66. The quantitative estimate of drug-likeness (QED) is 0.224. The summed E-state index contributed by atoms with van der Waals surface area (Å²) in [4.78, 5) is 13.3. The number of nitrogens with zero attached hydrogens (tertiary/aromatic N) is 3. The molecule has 2 heterocycles. The number of aromatic amines is 2. The zero-order chi connectivity index (χ0) is 24.0. The summed E-state index contributed by atoms with van der Waals surface area (Å²) in [5, 5.41) is 19.5. The number of hydrogen-bond acceptors (Lipinski definition) is 9. The molecule has 0 saturated carbocycles. The normalized spacial score (nSPS) is 12.3. The maximum Gasteiger partial charge on any atom is 0.265 e. The Morgan fingerprint density at radius 3 is 2.42 bits per heavy atom. The molecule has 4 rings (SSSR count). The van der Waals surface area contributed by atoms with Crippen molar-refractivity contribution in [3.63, 3.8) is 0 Å². The third-order valence-corrected chi connectivity index (χ3v) is 7.81. The Kier molecular flexibility index (Phi) is 5.49. The highest BCUT2D eigenvalue weighted by molar-refractivity contribution is 7.93. The van der Waals surface area contributed by atoms with E-state index in [9.17, 15) is 21.6 Å². The summed E-state index contributed by atoms with van der Waals surface area (Å²) in [6.45, 7) is -0.233. The summed E-state index contributed by atoms with van der Waals surface area (Å²) < 4.78 is 51.1. The molecule has 0 saturated heterocycles. The molecule has 13 nitrogen and oxygen atoms in total. The minimum absolute atomic E-state index is 0.132. The molecule has 0 aliphatic rings. The molecule has 0 bridgehead atoms. The predicted octanol–water partition coefficient (Wildman–Crippen LogP) is -0.506. The second kappa shape index (κ2) is 8.04. The average molecular weight is 491 g/mol. The number of para-hydroxylation sites is 1.